The van der Waals surface area contributed by atoms with Crippen LogP contribution < -0.4 is 0 Å². The predicted molar refractivity (Wildman–Crippen MR) is 80.6 cm³/mol. The topological polar surface area (TPSA) is 56.5 Å². The van der Waals surface area contributed by atoms with E-state index in [1.807, 2.05) is 50.0 Å². The molecule has 1 saturated heterocycles. The summed E-state index contributed by atoms with van der Waals surface area (Å²) in [4.78, 5) is 12.7. The first-order valence-corrected chi connectivity index (χ1v) is 7.28. The lowest BCUT2D eigenvalue weighted by atomic mass is 9.84. The van der Waals surface area contributed by atoms with Gasteiger partial charge in [-0.25, -0.2) is 0 Å². The van der Waals surface area contributed by atoms with Crippen LogP contribution >= 0.6 is 0 Å². The van der Waals surface area contributed by atoms with E-state index in [1.54, 1.807) is 6.21 Å². The zero-order valence-electron chi connectivity index (χ0n) is 12.6. The van der Waals surface area contributed by atoms with E-state index < -0.39 is 5.41 Å². The number of fused-ring (bicyclic) bond motifs is 3. The first kappa shape index (κ1) is 13.8. The van der Waals surface area contributed by atoms with Gasteiger partial charge in [-0.3, -0.25) is 9.80 Å². The van der Waals surface area contributed by atoms with Gasteiger partial charge in [-0.15, -0.1) is 0 Å². The van der Waals surface area contributed by atoms with E-state index in [0.29, 0.717) is 6.42 Å². The molecule has 0 N–H and O–H groups in total. The molecule has 1 unspecified atom stereocenters. The maximum absolute atomic E-state index is 12.7. The Hall–Kier alpha value is -2.15. The van der Waals surface area contributed by atoms with E-state index in [0.717, 1.165) is 11.1 Å². The van der Waals surface area contributed by atoms with Crippen molar-refractivity contribution in [2.24, 2.45) is 16.4 Å². The molecule has 108 valence electrons. The summed E-state index contributed by atoms with van der Waals surface area (Å²) < 4.78 is 0. The van der Waals surface area contributed by atoms with Gasteiger partial charge >= 0.3 is 0 Å². The van der Waals surface area contributed by atoms with Crippen LogP contribution in [0, 0.1) is 22.7 Å². The van der Waals surface area contributed by atoms with Crippen LogP contribution in [-0.2, 0) is 4.79 Å². The van der Waals surface area contributed by atoms with Crippen molar-refractivity contribution >= 4 is 12.0 Å². The van der Waals surface area contributed by atoms with Crippen molar-refractivity contribution in [3.05, 3.63) is 35.4 Å². The van der Waals surface area contributed by atoms with Gasteiger partial charge in [-0.05, 0) is 17.5 Å². The van der Waals surface area contributed by atoms with E-state index in [9.17, 15) is 10.1 Å². The Morgan fingerprint density at radius 1 is 1.38 bits per heavy atom. The lowest BCUT2D eigenvalue weighted by Gasteiger charge is -2.33. The van der Waals surface area contributed by atoms with Gasteiger partial charge in [0.05, 0.1) is 24.2 Å². The van der Waals surface area contributed by atoms with E-state index in [1.165, 1.54) is 0 Å². The van der Waals surface area contributed by atoms with Gasteiger partial charge in [-0.2, -0.15) is 10.4 Å². The van der Waals surface area contributed by atoms with Gasteiger partial charge < -0.3 is 0 Å². The van der Waals surface area contributed by atoms with E-state index >= 15 is 0 Å². The Morgan fingerprint density at radius 2 is 2.10 bits per heavy atom. The third kappa shape index (κ3) is 2.13. The second-order valence-electron chi connectivity index (χ2n) is 6.80. The summed E-state index contributed by atoms with van der Waals surface area (Å²) in [6.45, 7) is 5.77. The Bertz CT molecular complexity index is 651. The van der Waals surface area contributed by atoms with Gasteiger partial charge in [0.1, 0.15) is 6.04 Å². The summed E-state index contributed by atoms with van der Waals surface area (Å²) in [6, 6.07) is 9.95. The fourth-order valence-corrected chi connectivity index (χ4v) is 3.24. The standard InChI is InChI=1S/C17H19N3O/c1-17(2,3)16(21)14-8-12(9-18)15-13-7-5-4-6-11(13)10-19-20(14)15/h4-7,10,12,14-15H,8H2,1-3H3/t12-,14+,15?/m1/s1. The molecule has 0 saturated carbocycles. The van der Waals surface area contributed by atoms with Crippen LogP contribution in [0.2, 0.25) is 0 Å². The van der Waals surface area contributed by atoms with Crippen molar-refractivity contribution in [3.8, 4) is 6.07 Å². The molecule has 2 aliphatic rings. The summed E-state index contributed by atoms with van der Waals surface area (Å²) >= 11 is 0. The maximum atomic E-state index is 12.7. The number of benzene rings is 1. The van der Waals surface area contributed by atoms with Crippen molar-refractivity contribution in [1.82, 2.24) is 5.01 Å². The number of carbonyl (C=O) groups excluding carboxylic acids is 1. The second kappa shape index (κ2) is 4.70. The quantitative estimate of drug-likeness (QED) is 0.795. The van der Waals surface area contributed by atoms with Gasteiger partial charge in [0.15, 0.2) is 5.78 Å². The highest BCUT2D eigenvalue weighted by Crippen LogP contribution is 2.45. The first-order chi connectivity index (χ1) is 9.93. The molecule has 3 atom stereocenters. The highest BCUT2D eigenvalue weighted by atomic mass is 16.1. The number of carbonyl (C=O) groups is 1. The fraction of sp³-hybridized carbons (Fsp3) is 0.471. The number of hydrazone groups is 1. The number of Topliss-reactive ketones (excluding diaryl/α,β-unsaturated/α-hetero) is 1. The molecular weight excluding hydrogens is 262 g/mol. The number of nitrogens with zero attached hydrogens (tertiary/aromatic N) is 3. The number of ketones is 1. The molecule has 1 aromatic carbocycles. The van der Waals surface area contributed by atoms with E-state index in [-0.39, 0.29) is 23.8 Å². The molecule has 0 aliphatic carbocycles. The molecule has 0 spiro atoms. The van der Waals surface area contributed by atoms with Gasteiger partial charge in [0.2, 0.25) is 0 Å². The third-order valence-electron chi connectivity index (χ3n) is 4.32. The average Bonchev–Trinajstić information content (AvgIpc) is 2.84. The average molecular weight is 281 g/mol. The molecule has 4 heteroatoms. The summed E-state index contributed by atoms with van der Waals surface area (Å²) in [5, 5.41) is 15.8. The van der Waals surface area contributed by atoms with Crippen LogP contribution in [0.25, 0.3) is 0 Å². The summed E-state index contributed by atoms with van der Waals surface area (Å²) in [6.07, 6.45) is 2.36. The van der Waals surface area contributed by atoms with Crippen molar-refractivity contribution in [1.29, 1.82) is 5.26 Å². The normalized spacial score (nSPS) is 27.0. The number of nitriles is 1. The van der Waals surface area contributed by atoms with Crippen LogP contribution in [0.3, 0.4) is 0 Å². The predicted octanol–water partition coefficient (Wildman–Crippen LogP) is 2.90. The van der Waals surface area contributed by atoms with Crippen molar-refractivity contribution in [3.63, 3.8) is 0 Å². The van der Waals surface area contributed by atoms with Crippen molar-refractivity contribution < 1.29 is 4.79 Å². The minimum absolute atomic E-state index is 0.104. The van der Waals surface area contributed by atoms with Gasteiger partial charge in [-0.1, -0.05) is 45.0 Å². The molecule has 1 aromatic rings. The summed E-state index contributed by atoms with van der Waals surface area (Å²) in [7, 11) is 0. The van der Waals surface area contributed by atoms with Crippen LogP contribution in [0.15, 0.2) is 29.4 Å². The lowest BCUT2D eigenvalue weighted by molar-refractivity contribution is -0.131. The summed E-state index contributed by atoms with van der Waals surface area (Å²) in [5.41, 5.74) is 1.72. The Labute approximate surface area is 125 Å². The molecule has 0 bridgehead atoms. The lowest BCUT2D eigenvalue weighted by Crippen LogP contribution is -2.41. The van der Waals surface area contributed by atoms with Crippen LogP contribution in [0.5, 0.6) is 0 Å². The third-order valence-corrected chi connectivity index (χ3v) is 4.32. The highest BCUT2D eigenvalue weighted by molar-refractivity contribution is 5.90. The van der Waals surface area contributed by atoms with Crippen molar-refractivity contribution in [2.45, 2.75) is 39.3 Å². The molecule has 0 radical (unpaired) electrons. The molecule has 21 heavy (non-hydrogen) atoms. The molecule has 4 nitrogen and oxygen atoms in total. The van der Waals surface area contributed by atoms with E-state index in [4.69, 9.17) is 0 Å². The largest absolute Gasteiger partial charge is 0.297 e. The zero-order valence-corrected chi connectivity index (χ0v) is 12.6. The number of hydrogen-bond donors (Lipinski definition) is 0. The van der Waals surface area contributed by atoms with Crippen LogP contribution in [0.4, 0.5) is 0 Å². The second-order valence-corrected chi connectivity index (χ2v) is 6.80. The smallest absolute Gasteiger partial charge is 0.162 e. The minimum atomic E-state index is -0.425. The number of rotatable bonds is 1. The van der Waals surface area contributed by atoms with Crippen LogP contribution in [-0.4, -0.2) is 23.0 Å². The first-order valence-electron chi connectivity index (χ1n) is 7.28. The SMILES string of the molecule is CC(C)(C)C(=O)[C@@H]1C[C@H](C#N)C2c3ccccc3C=NN21. The number of hydrogen-bond acceptors (Lipinski definition) is 4. The highest BCUT2D eigenvalue weighted by Gasteiger charge is 2.48. The molecule has 1 fully saturated rings. The molecule has 3 rings (SSSR count). The van der Waals surface area contributed by atoms with Crippen LogP contribution in [0.1, 0.15) is 44.4 Å². The monoisotopic (exact) mass is 281 g/mol. The molecular formula is C17H19N3O. The molecule has 0 amide bonds. The van der Waals surface area contributed by atoms with E-state index in [2.05, 4.69) is 11.2 Å². The molecule has 2 heterocycles. The van der Waals surface area contributed by atoms with Gasteiger partial charge in [0.25, 0.3) is 0 Å². The maximum Gasteiger partial charge on any atom is 0.162 e. The molecule has 2 aliphatic heterocycles. The fourth-order valence-electron chi connectivity index (χ4n) is 3.24. The Morgan fingerprint density at radius 3 is 2.76 bits per heavy atom. The van der Waals surface area contributed by atoms with Gasteiger partial charge in [0, 0.05) is 5.41 Å². The molecule has 0 aromatic heterocycles. The zero-order chi connectivity index (χ0) is 15.2. The summed E-state index contributed by atoms with van der Waals surface area (Å²) in [5.74, 6) is -0.0401. The van der Waals surface area contributed by atoms with Crippen molar-refractivity contribution in [2.75, 3.05) is 0 Å². The Balaban J connectivity index is 2.03. The minimum Gasteiger partial charge on any atom is -0.297 e. The Kier molecular flexibility index (Phi) is 3.09.